The number of hydrogen-bond donors (Lipinski definition) is 1. The third-order valence-electron chi connectivity index (χ3n) is 3.09. The van der Waals surface area contributed by atoms with Crippen molar-refractivity contribution in [2.24, 2.45) is 0 Å². The predicted octanol–water partition coefficient (Wildman–Crippen LogP) is 2.11. The van der Waals surface area contributed by atoms with Crippen molar-refractivity contribution in [2.75, 3.05) is 7.11 Å². The van der Waals surface area contributed by atoms with Gasteiger partial charge in [-0.15, -0.1) is 5.10 Å². The maximum Gasteiger partial charge on any atom is 0.316 e. The Morgan fingerprint density at radius 1 is 1.32 bits per heavy atom. The first kappa shape index (κ1) is 16.9. The molecule has 9 heteroatoms. The second-order valence-corrected chi connectivity index (χ2v) is 7.22. The standard InChI is InChI=1S/C13H17BrN4O3S/c1-4-18-12(15-16-13(18)21-3)9(2)17-22(19,20)11-7-5-10(14)6-8-11/h5-9,17H,4H2,1-3H3/t9-/m1/s1. The summed E-state index contributed by atoms with van der Waals surface area (Å²) < 4.78 is 35.0. The number of sulfonamides is 1. The lowest BCUT2D eigenvalue weighted by molar-refractivity contribution is 0.354. The van der Waals surface area contributed by atoms with Gasteiger partial charge in [0.2, 0.25) is 10.0 Å². The van der Waals surface area contributed by atoms with E-state index in [0.29, 0.717) is 18.4 Å². The molecule has 2 rings (SSSR count). The molecule has 0 radical (unpaired) electrons. The molecule has 2 aromatic rings. The van der Waals surface area contributed by atoms with Crippen molar-refractivity contribution in [2.45, 2.75) is 31.3 Å². The molecule has 1 N–H and O–H groups in total. The Hall–Kier alpha value is -1.45. The smallest absolute Gasteiger partial charge is 0.316 e. The summed E-state index contributed by atoms with van der Waals surface area (Å²) >= 11 is 3.28. The van der Waals surface area contributed by atoms with Crippen LogP contribution in [0.4, 0.5) is 0 Å². The van der Waals surface area contributed by atoms with Crippen LogP contribution in [-0.2, 0) is 16.6 Å². The minimum absolute atomic E-state index is 0.192. The van der Waals surface area contributed by atoms with Crippen LogP contribution in [0, 0.1) is 0 Å². The molecule has 0 spiro atoms. The second-order valence-electron chi connectivity index (χ2n) is 4.59. The molecule has 1 heterocycles. The molecule has 1 atom stereocenters. The van der Waals surface area contributed by atoms with Crippen molar-refractivity contribution in [3.8, 4) is 6.01 Å². The van der Waals surface area contributed by atoms with Gasteiger partial charge in [-0.3, -0.25) is 4.57 Å². The molecule has 7 nitrogen and oxygen atoms in total. The van der Waals surface area contributed by atoms with Gasteiger partial charge in [0.1, 0.15) is 0 Å². The highest BCUT2D eigenvalue weighted by atomic mass is 79.9. The molecule has 0 aliphatic rings. The summed E-state index contributed by atoms with van der Waals surface area (Å²) in [7, 11) is -2.14. The molecular formula is C13H17BrN4O3S. The van der Waals surface area contributed by atoms with Crippen molar-refractivity contribution >= 4 is 26.0 Å². The number of nitrogens with one attached hydrogen (secondary N) is 1. The number of halogens is 1. The largest absolute Gasteiger partial charge is 0.467 e. The van der Waals surface area contributed by atoms with Crippen LogP contribution in [0.2, 0.25) is 0 Å². The molecule has 0 saturated heterocycles. The average molecular weight is 389 g/mol. The van der Waals surface area contributed by atoms with Gasteiger partial charge in [-0.2, -0.15) is 0 Å². The Kier molecular flexibility index (Phi) is 5.20. The maximum atomic E-state index is 12.4. The van der Waals surface area contributed by atoms with E-state index in [0.717, 1.165) is 4.47 Å². The van der Waals surface area contributed by atoms with Crippen LogP contribution in [0.5, 0.6) is 6.01 Å². The van der Waals surface area contributed by atoms with Gasteiger partial charge in [-0.25, -0.2) is 13.1 Å². The van der Waals surface area contributed by atoms with E-state index in [1.54, 1.807) is 23.6 Å². The van der Waals surface area contributed by atoms with Crippen LogP contribution in [0.3, 0.4) is 0 Å². The number of benzene rings is 1. The summed E-state index contributed by atoms with van der Waals surface area (Å²) in [6.07, 6.45) is 0. The van der Waals surface area contributed by atoms with Crippen molar-refractivity contribution in [1.82, 2.24) is 19.5 Å². The third kappa shape index (κ3) is 3.47. The van der Waals surface area contributed by atoms with E-state index >= 15 is 0 Å². The van der Waals surface area contributed by atoms with Gasteiger partial charge in [0, 0.05) is 11.0 Å². The van der Waals surface area contributed by atoms with Crippen LogP contribution in [0.1, 0.15) is 25.7 Å². The second kappa shape index (κ2) is 6.76. The van der Waals surface area contributed by atoms with Crippen LogP contribution >= 0.6 is 15.9 Å². The number of rotatable bonds is 6. The summed E-state index contributed by atoms with van der Waals surface area (Å²) in [5.41, 5.74) is 0. The van der Waals surface area contributed by atoms with Gasteiger partial charge in [-0.05, 0) is 38.1 Å². The van der Waals surface area contributed by atoms with E-state index in [1.807, 2.05) is 6.92 Å². The lowest BCUT2D eigenvalue weighted by Gasteiger charge is -2.15. The summed E-state index contributed by atoms with van der Waals surface area (Å²) in [6, 6.07) is 6.24. The average Bonchev–Trinajstić information content (AvgIpc) is 2.90. The molecule has 0 unspecified atom stereocenters. The molecule has 0 aliphatic heterocycles. The molecule has 0 amide bonds. The minimum atomic E-state index is -3.64. The summed E-state index contributed by atoms with van der Waals surface area (Å²) in [5, 5.41) is 7.89. The van der Waals surface area contributed by atoms with Gasteiger partial charge in [0.05, 0.1) is 18.0 Å². The topological polar surface area (TPSA) is 86.1 Å². The zero-order chi connectivity index (χ0) is 16.3. The normalized spacial score (nSPS) is 13.1. The third-order valence-corrected chi connectivity index (χ3v) is 5.17. The fourth-order valence-electron chi connectivity index (χ4n) is 2.04. The summed E-state index contributed by atoms with van der Waals surface area (Å²) in [4.78, 5) is 0.192. The van der Waals surface area contributed by atoms with E-state index in [1.165, 1.54) is 19.2 Å². The predicted molar refractivity (Wildman–Crippen MR) is 85.1 cm³/mol. The van der Waals surface area contributed by atoms with Crippen molar-refractivity contribution in [3.05, 3.63) is 34.6 Å². The number of hydrogen-bond acceptors (Lipinski definition) is 5. The molecular weight excluding hydrogens is 372 g/mol. The monoisotopic (exact) mass is 388 g/mol. The van der Waals surface area contributed by atoms with Crippen LogP contribution in [-0.4, -0.2) is 30.3 Å². The van der Waals surface area contributed by atoms with Crippen molar-refractivity contribution in [3.63, 3.8) is 0 Å². The fraction of sp³-hybridized carbons (Fsp3) is 0.385. The lowest BCUT2D eigenvalue weighted by Crippen LogP contribution is -2.29. The molecule has 0 aliphatic carbocycles. The Morgan fingerprint density at radius 2 is 1.95 bits per heavy atom. The van der Waals surface area contributed by atoms with Crippen molar-refractivity contribution in [1.29, 1.82) is 0 Å². The first-order chi connectivity index (χ1) is 10.4. The van der Waals surface area contributed by atoms with Crippen LogP contribution < -0.4 is 9.46 Å². The Morgan fingerprint density at radius 3 is 2.50 bits per heavy atom. The first-order valence-corrected chi connectivity index (χ1v) is 8.91. The quantitative estimate of drug-likeness (QED) is 0.818. The number of ether oxygens (including phenoxy) is 1. The minimum Gasteiger partial charge on any atom is -0.467 e. The van der Waals surface area contributed by atoms with Gasteiger partial charge in [-0.1, -0.05) is 21.0 Å². The zero-order valence-electron chi connectivity index (χ0n) is 12.4. The highest BCUT2D eigenvalue weighted by molar-refractivity contribution is 9.10. The lowest BCUT2D eigenvalue weighted by atomic mass is 10.3. The molecule has 1 aromatic heterocycles. The van der Waals surface area contributed by atoms with Gasteiger partial charge in [0.25, 0.3) is 0 Å². The van der Waals surface area contributed by atoms with E-state index < -0.39 is 16.1 Å². The molecule has 0 saturated carbocycles. The Balaban J connectivity index is 2.26. The van der Waals surface area contributed by atoms with Gasteiger partial charge >= 0.3 is 6.01 Å². The maximum absolute atomic E-state index is 12.4. The van der Waals surface area contributed by atoms with Gasteiger partial charge < -0.3 is 4.74 Å². The highest BCUT2D eigenvalue weighted by Gasteiger charge is 2.23. The number of aromatic nitrogens is 3. The van der Waals surface area contributed by atoms with Crippen LogP contribution in [0.25, 0.3) is 0 Å². The summed E-state index contributed by atoms with van der Waals surface area (Å²) in [6.45, 7) is 4.20. The molecule has 120 valence electrons. The summed E-state index contributed by atoms with van der Waals surface area (Å²) in [5.74, 6) is 0.500. The molecule has 1 aromatic carbocycles. The number of methoxy groups -OCH3 is 1. The number of nitrogens with zero attached hydrogens (tertiary/aromatic N) is 3. The molecule has 22 heavy (non-hydrogen) atoms. The SMILES string of the molecule is CCn1c(OC)nnc1[C@@H](C)NS(=O)(=O)c1ccc(Br)cc1. The van der Waals surface area contributed by atoms with E-state index in [-0.39, 0.29) is 4.90 Å². The molecule has 0 fully saturated rings. The van der Waals surface area contributed by atoms with Gasteiger partial charge in [0.15, 0.2) is 5.82 Å². The fourth-order valence-corrected chi connectivity index (χ4v) is 3.50. The zero-order valence-corrected chi connectivity index (χ0v) is 14.8. The van der Waals surface area contributed by atoms with Crippen molar-refractivity contribution < 1.29 is 13.2 Å². The van der Waals surface area contributed by atoms with E-state index in [9.17, 15) is 8.42 Å². The van der Waals surface area contributed by atoms with Crippen LogP contribution in [0.15, 0.2) is 33.6 Å². The van der Waals surface area contributed by atoms with E-state index in [2.05, 4.69) is 30.8 Å². The van der Waals surface area contributed by atoms with E-state index in [4.69, 9.17) is 4.74 Å². The molecule has 0 bridgehead atoms. The highest BCUT2D eigenvalue weighted by Crippen LogP contribution is 2.20. The Labute approximate surface area is 137 Å². The Bertz CT molecular complexity index is 743. The first-order valence-electron chi connectivity index (χ1n) is 6.64.